The molecule has 0 radical (unpaired) electrons. The van der Waals surface area contributed by atoms with Gasteiger partial charge in [0.25, 0.3) is 11.8 Å². The number of anilines is 2. The summed E-state index contributed by atoms with van der Waals surface area (Å²) in [5, 5.41) is 8.79. The van der Waals surface area contributed by atoms with E-state index in [1.807, 2.05) is 0 Å². The number of halogens is 1. The van der Waals surface area contributed by atoms with E-state index in [2.05, 4.69) is 16.0 Å². The predicted molar refractivity (Wildman–Crippen MR) is 106 cm³/mol. The molecule has 2 aromatic carbocycles. The van der Waals surface area contributed by atoms with E-state index in [1.54, 1.807) is 55.5 Å². The maximum Gasteiger partial charge on any atom is 0.322 e. The summed E-state index contributed by atoms with van der Waals surface area (Å²) in [6, 6.07) is 13.2. The van der Waals surface area contributed by atoms with Gasteiger partial charge in [-0.15, -0.1) is 0 Å². The summed E-state index contributed by atoms with van der Waals surface area (Å²) in [6.07, 6.45) is 0. The summed E-state index contributed by atoms with van der Waals surface area (Å²) in [5.74, 6) is -0.940. The molecule has 3 N–H and O–H groups in total. The van der Waals surface area contributed by atoms with E-state index in [0.29, 0.717) is 27.7 Å². The lowest BCUT2D eigenvalue weighted by Gasteiger charge is -2.42. The highest BCUT2D eigenvalue weighted by atomic mass is 35.5. The smallest absolute Gasteiger partial charge is 0.322 e. The van der Waals surface area contributed by atoms with Crippen LogP contribution in [-0.4, -0.2) is 29.8 Å². The Morgan fingerprint density at radius 2 is 1.75 bits per heavy atom. The molecule has 8 heteroatoms. The summed E-state index contributed by atoms with van der Waals surface area (Å²) in [4.78, 5) is 40.2. The molecule has 7 nitrogen and oxygen atoms in total. The number of fused-ring (bicyclic) bond motifs is 2. The Labute approximate surface area is 166 Å². The first kappa shape index (κ1) is 18.1. The second-order valence-electron chi connectivity index (χ2n) is 6.66. The first-order valence-corrected chi connectivity index (χ1v) is 8.97. The van der Waals surface area contributed by atoms with E-state index in [-0.39, 0.29) is 5.57 Å². The zero-order valence-electron chi connectivity index (χ0n) is 15.2. The molecule has 0 aliphatic carbocycles. The minimum atomic E-state index is -1.56. The van der Waals surface area contributed by atoms with Crippen LogP contribution in [0.25, 0.3) is 0 Å². The molecular weight excluding hydrogens is 380 g/mol. The number of likely N-dealkylation sites (N-methyl/N-ethyl adjacent to an activating group) is 1. The molecule has 4 rings (SSSR count). The predicted octanol–water partition coefficient (Wildman–Crippen LogP) is 3.06. The van der Waals surface area contributed by atoms with Gasteiger partial charge in [0.15, 0.2) is 5.54 Å². The van der Waals surface area contributed by atoms with Gasteiger partial charge in [-0.05, 0) is 37.3 Å². The first-order valence-electron chi connectivity index (χ1n) is 8.59. The number of amides is 4. The number of para-hydroxylation sites is 1. The van der Waals surface area contributed by atoms with Crippen LogP contribution in [0.4, 0.5) is 16.2 Å². The topological polar surface area (TPSA) is 90.5 Å². The lowest BCUT2D eigenvalue weighted by atomic mass is 9.79. The van der Waals surface area contributed by atoms with Gasteiger partial charge in [-0.1, -0.05) is 29.8 Å². The number of hydrogen-bond donors (Lipinski definition) is 3. The number of nitrogens with zero attached hydrogens (tertiary/aromatic N) is 1. The molecule has 4 amide bonds. The van der Waals surface area contributed by atoms with Crippen molar-refractivity contribution in [2.45, 2.75) is 12.5 Å². The van der Waals surface area contributed by atoms with Crippen molar-refractivity contribution in [3.05, 3.63) is 70.4 Å². The van der Waals surface area contributed by atoms with Gasteiger partial charge in [0.1, 0.15) is 0 Å². The van der Waals surface area contributed by atoms with Gasteiger partial charge in [-0.3, -0.25) is 9.59 Å². The minimum Gasteiger partial charge on any atom is -0.323 e. The maximum absolute atomic E-state index is 13.3. The molecule has 2 aliphatic rings. The zero-order valence-corrected chi connectivity index (χ0v) is 15.9. The highest BCUT2D eigenvalue weighted by Gasteiger charge is 2.59. The van der Waals surface area contributed by atoms with Gasteiger partial charge >= 0.3 is 6.03 Å². The number of nitrogens with one attached hydrogen (secondary N) is 3. The number of benzene rings is 2. The van der Waals surface area contributed by atoms with Gasteiger partial charge in [-0.2, -0.15) is 0 Å². The Morgan fingerprint density at radius 1 is 1.07 bits per heavy atom. The van der Waals surface area contributed by atoms with Crippen molar-refractivity contribution in [1.29, 1.82) is 0 Å². The third-order valence-corrected chi connectivity index (χ3v) is 5.31. The monoisotopic (exact) mass is 396 g/mol. The number of rotatable bonds is 2. The van der Waals surface area contributed by atoms with E-state index in [4.69, 9.17) is 11.6 Å². The number of allylic oxidation sites excluding steroid dienone is 1. The fourth-order valence-electron chi connectivity index (χ4n) is 3.78. The van der Waals surface area contributed by atoms with Crippen LogP contribution in [-0.2, 0) is 15.1 Å². The van der Waals surface area contributed by atoms with Crippen LogP contribution < -0.4 is 16.0 Å². The standard InChI is InChI=1S/C20H17ClN4O3/c1-11-16(17(26)23-13-9-7-12(21)8-10-13)20(25(2)19(28)22-11)14-5-3-4-6-15(14)24-18(20)27/h3-10H,1-2H3,(H,22,28)(H,23,26)(H,24,27). The average Bonchev–Trinajstić information content (AvgIpc) is 2.95. The van der Waals surface area contributed by atoms with Crippen LogP contribution in [0.2, 0.25) is 5.02 Å². The molecule has 0 aromatic heterocycles. The normalized spacial score (nSPS) is 20.8. The molecule has 0 saturated carbocycles. The molecule has 1 unspecified atom stereocenters. The molecule has 0 fully saturated rings. The molecule has 28 heavy (non-hydrogen) atoms. The van der Waals surface area contributed by atoms with Gasteiger partial charge < -0.3 is 20.9 Å². The Hall–Kier alpha value is -3.32. The SMILES string of the molecule is CC1=C(C(=O)Nc2ccc(Cl)cc2)C2(C(=O)Nc3ccccc32)N(C)C(=O)N1. The maximum atomic E-state index is 13.3. The van der Waals surface area contributed by atoms with E-state index in [0.717, 1.165) is 0 Å². The van der Waals surface area contributed by atoms with E-state index in [1.165, 1.54) is 11.9 Å². The third-order valence-electron chi connectivity index (χ3n) is 5.06. The van der Waals surface area contributed by atoms with Crippen LogP contribution in [0.5, 0.6) is 0 Å². The van der Waals surface area contributed by atoms with Crippen LogP contribution in [0.3, 0.4) is 0 Å². The van der Waals surface area contributed by atoms with Crippen molar-refractivity contribution in [3.63, 3.8) is 0 Å². The summed E-state index contributed by atoms with van der Waals surface area (Å²) in [7, 11) is 1.50. The number of carbonyl (C=O) groups is 3. The second kappa shape index (κ2) is 6.38. The lowest BCUT2D eigenvalue weighted by molar-refractivity contribution is -0.126. The Kier molecular flexibility index (Phi) is 4.12. The molecule has 142 valence electrons. The average molecular weight is 397 g/mol. The van der Waals surface area contributed by atoms with Crippen molar-refractivity contribution < 1.29 is 14.4 Å². The number of hydrogen-bond acceptors (Lipinski definition) is 3. The summed E-state index contributed by atoms with van der Waals surface area (Å²) in [5.41, 5.74) is 0.570. The lowest BCUT2D eigenvalue weighted by Crippen LogP contribution is -2.61. The fourth-order valence-corrected chi connectivity index (χ4v) is 3.91. The van der Waals surface area contributed by atoms with Crippen LogP contribution >= 0.6 is 11.6 Å². The van der Waals surface area contributed by atoms with Gasteiger partial charge in [0, 0.05) is 34.7 Å². The molecular formula is C20H17ClN4O3. The van der Waals surface area contributed by atoms with E-state index < -0.39 is 23.4 Å². The molecule has 2 heterocycles. The van der Waals surface area contributed by atoms with Crippen LogP contribution in [0, 0.1) is 0 Å². The minimum absolute atomic E-state index is 0.159. The van der Waals surface area contributed by atoms with E-state index >= 15 is 0 Å². The summed E-state index contributed by atoms with van der Waals surface area (Å²) in [6.45, 7) is 1.61. The Balaban J connectivity index is 1.87. The van der Waals surface area contributed by atoms with Crippen LogP contribution in [0.1, 0.15) is 12.5 Å². The largest absolute Gasteiger partial charge is 0.323 e. The number of carbonyl (C=O) groups excluding carboxylic acids is 3. The van der Waals surface area contributed by atoms with Crippen molar-refractivity contribution in [2.75, 3.05) is 17.7 Å². The molecule has 2 aliphatic heterocycles. The van der Waals surface area contributed by atoms with Crippen molar-refractivity contribution in [2.24, 2.45) is 0 Å². The van der Waals surface area contributed by atoms with Crippen LogP contribution in [0.15, 0.2) is 59.8 Å². The Bertz CT molecular complexity index is 1050. The van der Waals surface area contributed by atoms with E-state index in [9.17, 15) is 14.4 Å². The van der Waals surface area contributed by atoms with Gasteiger partial charge in [-0.25, -0.2) is 4.79 Å². The highest BCUT2D eigenvalue weighted by molar-refractivity contribution is 6.30. The fraction of sp³-hybridized carbons (Fsp3) is 0.150. The summed E-state index contributed by atoms with van der Waals surface area (Å²) < 4.78 is 0. The number of urea groups is 1. The van der Waals surface area contributed by atoms with Crippen molar-refractivity contribution >= 4 is 40.8 Å². The zero-order chi connectivity index (χ0) is 20.1. The quantitative estimate of drug-likeness (QED) is 0.728. The molecule has 0 bridgehead atoms. The third kappa shape index (κ3) is 2.47. The second-order valence-corrected chi connectivity index (χ2v) is 7.10. The van der Waals surface area contributed by atoms with Gasteiger partial charge in [0.05, 0.1) is 5.57 Å². The highest BCUT2D eigenvalue weighted by Crippen LogP contribution is 2.47. The molecule has 1 atom stereocenters. The van der Waals surface area contributed by atoms with Crippen molar-refractivity contribution in [3.8, 4) is 0 Å². The molecule has 1 spiro atoms. The molecule has 2 aromatic rings. The summed E-state index contributed by atoms with van der Waals surface area (Å²) >= 11 is 5.90. The first-order chi connectivity index (χ1) is 13.4. The molecule has 0 saturated heterocycles. The Morgan fingerprint density at radius 3 is 2.46 bits per heavy atom. The van der Waals surface area contributed by atoms with Gasteiger partial charge in [0.2, 0.25) is 0 Å². The van der Waals surface area contributed by atoms with Crippen molar-refractivity contribution in [1.82, 2.24) is 10.2 Å².